The van der Waals surface area contributed by atoms with Gasteiger partial charge >= 0.3 is 0 Å². The standard InChI is InChI=1S/C26H27N3O2/c1-19(30)29-18-21(22-14-9-10-15-25(22)29)13-5-2-3-8-16-26(31)24-17-23(27-28-24)20-11-6-4-7-12-20/h4,6-7,9-12,14-15,17-18H,2-3,5,8,13,16H2,1H3,(H,27,28). The molecule has 31 heavy (non-hydrogen) atoms. The molecule has 0 atom stereocenters. The molecule has 0 unspecified atom stereocenters. The van der Waals surface area contributed by atoms with Gasteiger partial charge in [-0.2, -0.15) is 5.10 Å². The van der Waals surface area contributed by atoms with E-state index in [0.29, 0.717) is 12.1 Å². The number of fused-ring (bicyclic) bond motifs is 1. The molecular weight excluding hydrogens is 386 g/mol. The second-order valence-electron chi connectivity index (χ2n) is 7.93. The number of aromatic amines is 1. The van der Waals surface area contributed by atoms with Gasteiger partial charge in [0.05, 0.1) is 11.2 Å². The lowest BCUT2D eigenvalue weighted by Crippen LogP contribution is -2.02. The SMILES string of the molecule is CC(=O)n1cc(CCCCCCC(=O)c2cc(-c3ccccc3)n[nH]2)c2ccccc21. The van der Waals surface area contributed by atoms with Crippen molar-refractivity contribution in [2.24, 2.45) is 0 Å². The number of aryl methyl sites for hydroxylation is 1. The van der Waals surface area contributed by atoms with Crippen LogP contribution in [0.3, 0.4) is 0 Å². The minimum absolute atomic E-state index is 0.0372. The Labute approximate surface area is 182 Å². The quantitative estimate of drug-likeness (QED) is 0.268. The molecule has 0 saturated carbocycles. The summed E-state index contributed by atoms with van der Waals surface area (Å²) in [5, 5.41) is 8.30. The van der Waals surface area contributed by atoms with Crippen molar-refractivity contribution >= 4 is 22.6 Å². The molecule has 0 aliphatic rings. The average Bonchev–Trinajstić information content (AvgIpc) is 3.42. The maximum Gasteiger partial charge on any atom is 0.227 e. The van der Waals surface area contributed by atoms with Crippen LogP contribution < -0.4 is 0 Å². The van der Waals surface area contributed by atoms with Gasteiger partial charge in [-0.1, -0.05) is 61.4 Å². The van der Waals surface area contributed by atoms with Gasteiger partial charge in [0.15, 0.2) is 5.78 Å². The molecule has 158 valence electrons. The highest BCUT2D eigenvalue weighted by atomic mass is 16.1. The van der Waals surface area contributed by atoms with Crippen LogP contribution in [0, 0.1) is 0 Å². The summed E-state index contributed by atoms with van der Waals surface area (Å²) in [4.78, 5) is 24.3. The molecule has 4 aromatic rings. The van der Waals surface area contributed by atoms with Crippen LogP contribution in [0.25, 0.3) is 22.2 Å². The summed E-state index contributed by atoms with van der Waals surface area (Å²) >= 11 is 0. The number of para-hydroxylation sites is 1. The third-order valence-corrected chi connectivity index (χ3v) is 5.68. The third kappa shape index (κ3) is 4.82. The number of carbonyl (C=O) groups is 2. The molecule has 5 heteroatoms. The summed E-state index contributed by atoms with van der Waals surface area (Å²) in [5.74, 6) is 0.148. The van der Waals surface area contributed by atoms with E-state index in [9.17, 15) is 9.59 Å². The summed E-state index contributed by atoms with van der Waals surface area (Å²) in [6.45, 7) is 1.59. The lowest BCUT2D eigenvalue weighted by Gasteiger charge is -2.01. The van der Waals surface area contributed by atoms with Crippen LogP contribution in [0.1, 0.15) is 59.9 Å². The molecular formula is C26H27N3O2. The highest BCUT2D eigenvalue weighted by Gasteiger charge is 2.12. The summed E-state index contributed by atoms with van der Waals surface area (Å²) in [7, 11) is 0. The summed E-state index contributed by atoms with van der Waals surface area (Å²) < 4.78 is 1.73. The number of benzene rings is 2. The fourth-order valence-corrected chi connectivity index (χ4v) is 4.02. The van der Waals surface area contributed by atoms with Gasteiger partial charge in [0.25, 0.3) is 0 Å². The smallest absolute Gasteiger partial charge is 0.227 e. The molecule has 0 radical (unpaired) electrons. The predicted molar refractivity (Wildman–Crippen MR) is 123 cm³/mol. The molecule has 0 fully saturated rings. The first-order valence-electron chi connectivity index (χ1n) is 10.9. The number of Topliss-reactive ketones (excluding diaryl/α,β-unsaturated/α-hetero) is 1. The number of ketones is 1. The van der Waals surface area contributed by atoms with Gasteiger partial charge in [0, 0.05) is 30.5 Å². The summed E-state index contributed by atoms with van der Waals surface area (Å²) in [6.07, 6.45) is 7.42. The first-order valence-corrected chi connectivity index (χ1v) is 10.9. The Morgan fingerprint density at radius 2 is 1.68 bits per heavy atom. The maximum absolute atomic E-state index is 12.5. The van der Waals surface area contributed by atoms with Crippen LogP contribution in [0.2, 0.25) is 0 Å². The van der Waals surface area contributed by atoms with Gasteiger partial charge in [-0.3, -0.25) is 19.3 Å². The minimum atomic E-state index is 0.0372. The van der Waals surface area contributed by atoms with Crippen molar-refractivity contribution in [2.45, 2.75) is 45.4 Å². The largest absolute Gasteiger partial charge is 0.292 e. The molecule has 2 aromatic heterocycles. The molecule has 0 aliphatic heterocycles. The van der Waals surface area contributed by atoms with E-state index in [1.807, 2.05) is 60.8 Å². The molecule has 5 nitrogen and oxygen atoms in total. The van der Waals surface area contributed by atoms with Gasteiger partial charge in [-0.15, -0.1) is 0 Å². The van der Waals surface area contributed by atoms with Gasteiger partial charge < -0.3 is 0 Å². The van der Waals surface area contributed by atoms with Crippen molar-refractivity contribution in [1.29, 1.82) is 0 Å². The molecule has 0 spiro atoms. The normalized spacial score (nSPS) is 11.1. The minimum Gasteiger partial charge on any atom is -0.292 e. The summed E-state index contributed by atoms with van der Waals surface area (Å²) in [5.41, 5.74) is 4.58. The maximum atomic E-state index is 12.5. The van der Waals surface area contributed by atoms with E-state index in [-0.39, 0.29) is 11.7 Å². The van der Waals surface area contributed by atoms with E-state index in [0.717, 1.165) is 54.3 Å². The van der Waals surface area contributed by atoms with Gasteiger partial charge in [-0.25, -0.2) is 0 Å². The number of aromatic nitrogens is 3. The van der Waals surface area contributed by atoms with E-state index >= 15 is 0 Å². The Kier molecular flexibility index (Phi) is 6.41. The fourth-order valence-electron chi connectivity index (χ4n) is 4.02. The second-order valence-corrected chi connectivity index (χ2v) is 7.93. The van der Waals surface area contributed by atoms with Crippen molar-refractivity contribution in [1.82, 2.24) is 14.8 Å². The van der Waals surface area contributed by atoms with Crippen LogP contribution >= 0.6 is 0 Å². The predicted octanol–water partition coefficient (Wildman–Crippen LogP) is 6.07. The van der Waals surface area contributed by atoms with Crippen molar-refractivity contribution in [3.05, 3.63) is 78.1 Å². The van der Waals surface area contributed by atoms with Gasteiger partial charge in [0.1, 0.15) is 5.69 Å². The Bertz CT molecular complexity index is 1190. The van der Waals surface area contributed by atoms with Crippen molar-refractivity contribution in [2.75, 3.05) is 0 Å². The van der Waals surface area contributed by atoms with Crippen LogP contribution in [0.5, 0.6) is 0 Å². The molecule has 2 aromatic carbocycles. The van der Waals surface area contributed by atoms with Crippen LogP contribution in [-0.2, 0) is 6.42 Å². The first-order chi connectivity index (χ1) is 15.1. The highest BCUT2D eigenvalue weighted by molar-refractivity contribution is 5.95. The molecule has 2 heterocycles. The third-order valence-electron chi connectivity index (χ3n) is 5.68. The van der Waals surface area contributed by atoms with Crippen molar-refractivity contribution in [3.63, 3.8) is 0 Å². The monoisotopic (exact) mass is 413 g/mol. The zero-order valence-corrected chi connectivity index (χ0v) is 17.8. The van der Waals surface area contributed by atoms with Crippen LogP contribution in [-0.4, -0.2) is 26.5 Å². The van der Waals surface area contributed by atoms with Crippen molar-refractivity contribution < 1.29 is 9.59 Å². The number of hydrogen-bond acceptors (Lipinski definition) is 3. The van der Waals surface area contributed by atoms with Crippen LogP contribution in [0.15, 0.2) is 66.9 Å². The lowest BCUT2D eigenvalue weighted by atomic mass is 10.0. The van der Waals surface area contributed by atoms with E-state index < -0.39 is 0 Å². The Hall–Kier alpha value is -3.47. The first kappa shape index (κ1) is 20.8. The fraction of sp³-hybridized carbons (Fsp3) is 0.269. The zero-order chi connectivity index (χ0) is 21.6. The number of unbranched alkanes of at least 4 members (excludes halogenated alkanes) is 3. The van der Waals surface area contributed by atoms with E-state index in [1.165, 1.54) is 5.56 Å². The topological polar surface area (TPSA) is 67.8 Å². The lowest BCUT2D eigenvalue weighted by molar-refractivity contribution is 0.0939. The van der Waals surface area contributed by atoms with E-state index in [1.54, 1.807) is 11.5 Å². The molecule has 1 N–H and O–H groups in total. The van der Waals surface area contributed by atoms with Crippen molar-refractivity contribution in [3.8, 4) is 11.3 Å². The molecule has 0 amide bonds. The number of hydrogen-bond donors (Lipinski definition) is 1. The van der Waals surface area contributed by atoms with Gasteiger partial charge in [0.2, 0.25) is 5.91 Å². The Morgan fingerprint density at radius 3 is 2.48 bits per heavy atom. The number of H-pyrrole nitrogens is 1. The number of nitrogens with zero attached hydrogens (tertiary/aromatic N) is 2. The van der Waals surface area contributed by atoms with Crippen LogP contribution in [0.4, 0.5) is 0 Å². The molecule has 0 aliphatic carbocycles. The van der Waals surface area contributed by atoms with E-state index in [2.05, 4.69) is 16.3 Å². The Morgan fingerprint density at radius 1 is 0.935 bits per heavy atom. The number of nitrogens with one attached hydrogen (secondary N) is 1. The zero-order valence-electron chi connectivity index (χ0n) is 17.8. The summed E-state index contributed by atoms with van der Waals surface area (Å²) in [6, 6.07) is 19.7. The number of carbonyl (C=O) groups excluding carboxylic acids is 2. The average molecular weight is 414 g/mol. The molecule has 0 saturated heterocycles. The Balaban J connectivity index is 1.23. The van der Waals surface area contributed by atoms with Gasteiger partial charge in [-0.05, 0) is 37.0 Å². The second kappa shape index (κ2) is 9.56. The number of rotatable bonds is 9. The highest BCUT2D eigenvalue weighted by Crippen LogP contribution is 2.23. The molecule has 0 bridgehead atoms. The van der Waals surface area contributed by atoms with E-state index in [4.69, 9.17) is 0 Å². The molecule has 4 rings (SSSR count).